The summed E-state index contributed by atoms with van der Waals surface area (Å²) in [5, 5.41) is 2.72. The fourth-order valence-electron chi connectivity index (χ4n) is 1.72. The average molecular weight is 285 g/mol. The third-order valence-electron chi connectivity index (χ3n) is 2.84. The topological polar surface area (TPSA) is 47.6 Å². The van der Waals surface area contributed by atoms with Gasteiger partial charge in [0, 0.05) is 0 Å². The minimum atomic E-state index is -0.485. The first kappa shape index (κ1) is 14.9. The molecule has 0 radical (unpaired) electrons. The fraction of sp³-hybridized carbons (Fsp3) is 0.235. The summed E-state index contributed by atoms with van der Waals surface area (Å²) in [6.45, 7) is 4.26. The van der Waals surface area contributed by atoms with Gasteiger partial charge in [0.15, 0.2) is 0 Å². The number of amides is 1. The number of hydrogen-bond acceptors (Lipinski definition) is 3. The Kier molecular flexibility index (Phi) is 5.21. The van der Waals surface area contributed by atoms with Crippen molar-refractivity contribution in [3.63, 3.8) is 0 Å². The molecule has 21 heavy (non-hydrogen) atoms. The van der Waals surface area contributed by atoms with Crippen LogP contribution < -0.4 is 14.8 Å². The van der Waals surface area contributed by atoms with Crippen LogP contribution in [0.1, 0.15) is 12.5 Å². The Balaban J connectivity index is 1.75. The molecule has 0 heterocycles. The standard InChI is InChI=1S/C17H19NO3/c1-13-8-10-15(11-9-13)20-12-14(2)18-17(19)21-16-6-4-3-5-7-16/h3-11,14H,12H2,1-2H3,(H,18,19). The van der Waals surface area contributed by atoms with E-state index < -0.39 is 6.09 Å². The molecule has 1 amide bonds. The molecule has 110 valence electrons. The first-order chi connectivity index (χ1) is 10.1. The lowest BCUT2D eigenvalue weighted by Gasteiger charge is -2.15. The molecule has 2 aromatic carbocycles. The molecule has 1 unspecified atom stereocenters. The minimum absolute atomic E-state index is 0.150. The molecule has 0 aliphatic heterocycles. The van der Waals surface area contributed by atoms with Crippen LogP contribution in [0.3, 0.4) is 0 Å². The largest absolute Gasteiger partial charge is 0.491 e. The predicted octanol–water partition coefficient (Wildman–Crippen LogP) is 3.55. The van der Waals surface area contributed by atoms with Crippen LogP contribution in [0.2, 0.25) is 0 Å². The zero-order chi connectivity index (χ0) is 15.1. The van der Waals surface area contributed by atoms with Gasteiger partial charge < -0.3 is 14.8 Å². The Labute approximate surface area is 124 Å². The summed E-state index contributed by atoms with van der Waals surface area (Å²) in [4.78, 5) is 11.7. The van der Waals surface area contributed by atoms with Gasteiger partial charge in [-0.3, -0.25) is 0 Å². The molecule has 4 heteroatoms. The van der Waals surface area contributed by atoms with Crippen LogP contribution in [0.5, 0.6) is 11.5 Å². The lowest BCUT2D eigenvalue weighted by molar-refractivity contribution is 0.189. The molecule has 0 aliphatic carbocycles. The van der Waals surface area contributed by atoms with Crippen molar-refractivity contribution in [2.24, 2.45) is 0 Å². The first-order valence-electron chi connectivity index (χ1n) is 6.86. The summed E-state index contributed by atoms with van der Waals surface area (Å²) < 4.78 is 10.8. The summed E-state index contributed by atoms with van der Waals surface area (Å²) in [5.74, 6) is 1.30. The monoisotopic (exact) mass is 285 g/mol. The van der Waals surface area contributed by atoms with E-state index in [0.29, 0.717) is 12.4 Å². The van der Waals surface area contributed by atoms with Crippen molar-refractivity contribution in [3.8, 4) is 11.5 Å². The second-order valence-corrected chi connectivity index (χ2v) is 4.87. The zero-order valence-corrected chi connectivity index (χ0v) is 12.2. The molecule has 4 nitrogen and oxygen atoms in total. The molecular weight excluding hydrogens is 266 g/mol. The highest BCUT2D eigenvalue weighted by atomic mass is 16.6. The van der Waals surface area contributed by atoms with E-state index in [1.807, 2.05) is 56.3 Å². The summed E-state index contributed by atoms with van der Waals surface area (Å²) in [6, 6.07) is 16.6. The van der Waals surface area contributed by atoms with Crippen LogP contribution in [0.4, 0.5) is 4.79 Å². The Morgan fingerprint density at radius 3 is 2.38 bits per heavy atom. The quantitative estimate of drug-likeness (QED) is 0.914. The van der Waals surface area contributed by atoms with Crippen molar-refractivity contribution in [1.82, 2.24) is 5.32 Å². The summed E-state index contributed by atoms with van der Waals surface area (Å²) in [7, 11) is 0. The molecule has 0 aromatic heterocycles. The van der Waals surface area contributed by atoms with E-state index in [1.54, 1.807) is 12.1 Å². The Bertz CT molecular complexity index is 566. The summed E-state index contributed by atoms with van der Waals surface area (Å²) in [5.41, 5.74) is 1.18. The molecule has 0 bridgehead atoms. The van der Waals surface area contributed by atoms with E-state index in [4.69, 9.17) is 9.47 Å². The normalized spacial score (nSPS) is 11.5. The zero-order valence-electron chi connectivity index (χ0n) is 12.2. The number of para-hydroxylation sites is 1. The second kappa shape index (κ2) is 7.33. The third kappa shape index (κ3) is 5.18. The van der Waals surface area contributed by atoms with Crippen molar-refractivity contribution in [2.45, 2.75) is 19.9 Å². The van der Waals surface area contributed by atoms with Gasteiger partial charge in [0.2, 0.25) is 0 Å². The Morgan fingerprint density at radius 1 is 1.05 bits per heavy atom. The number of ether oxygens (including phenoxy) is 2. The first-order valence-corrected chi connectivity index (χ1v) is 6.86. The van der Waals surface area contributed by atoms with E-state index in [2.05, 4.69) is 5.32 Å². The number of aryl methyl sites for hydroxylation is 1. The van der Waals surface area contributed by atoms with Crippen LogP contribution in [0, 0.1) is 6.92 Å². The van der Waals surface area contributed by atoms with Crippen LogP contribution in [0.25, 0.3) is 0 Å². The number of nitrogens with one attached hydrogen (secondary N) is 1. The minimum Gasteiger partial charge on any atom is -0.491 e. The van der Waals surface area contributed by atoms with Gasteiger partial charge in [-0.25, -0.2) is 4.79 Å². The maximum absolute atomic E-state index is 11.7. The number of rotatable bonds is 5. The van der Waals surface area contributed by atoms with E-state index in [9.17, 15) is 4.79 Å². The van der Waals surface area contributed by atoms with Gasteiger partial charge in [-0.15, -0.1) is 0 Å². The van der Waals surface area contributed by atoms with E-state index in [1.165, 1.54) is 5.56 Å². The van der Waals surface area contributed by atoms with Crippen LogP contribution in [0.15, 0.2) is 54.6 Å². The van der Waals surface area contributed by atoms with Crippen LogP contribution >= 0.6 is 0 Å². The molecule has 0 fully saturated rings. The van der Waals surface area contributed by atoms with Crippen LogP contribution in [-0.4, -0.2) is 18.7 Å². The number of benzene rings is 2. The van der Waals surface area contributed by atoms with Gasteiger partial charge in [-0.05, 0) is 38.1 Å². The average Bonchev–Trinajstić information content (AvgIpc) is 2.47. The van der Waals surface area contributed by atoms with E-state index in [0.717, 1.165) is 5.75 Å². The molecule has 0 saturated carbocycles. The van der Waals surface area contributed by atoms with E-state index >= 15 is 0 Å². The van der Waals surface area contributed by atoms with Crippen molar-refractivity contribution in [1.29, 1.82) is 0 Å². The highest BCUT2D eigenvalue weighted by Gasteiger charge is 2.09. The van der Waals surface area contributed by atoms with Gasteiger partial charge in [0.05, 0.1) is 6.04 Å². The number of carbonyl (C=O) groups is 1. The molecule has 0 spiro atoms. The van der Waals surface area contributed by atoms with Gasteiger partial charge in [0.1, 0.15) is 18.1 Å². The smallest absolute Gasteiger partial charge is 0.412 e. The Hall–Kier alpha value is -2.49. The molecule has 1 N–H and O–H groups in total. The fourth-order valence-corrected chi connectivity index (χ4v) is 1.72. The SMILES string of the molecule is Cc1ccc(OCC(C)NC(=O)Oc2ccccc2)cc1. The van der Waals surface area contributed by atoms with Gasteiger partial charge in [-0.2, -0.15) is 0 Å². The summed E-state index contributed by atoms with van der Waals surface area (Å²) in [6.07, 6.45) is -0.485. The predicted molar refractivity (Wildman–Crippen MR) is 81.7 cm³/mol. The van der Waals surface area contributed by atoms with Crippen LogP contribution in [-0.2, 0) is 0 Å². The third-order valence-corrected chi connectivity index (χ3v) is 2.84. The Morgan fingerprint density at radius 2 is 1.71 bits per heavy atom. The highest BCUT2D eigenvalue weighted by molar-refractivity contribution is 5.70. The molecule has 2 aromatic rings. The summed E-state index contributed by atoms with van der Waals surface area (Å²) >= 11 is 0. The number of hydrogen-bond donors (Lipinski definition) is 1. The van der Waals surface area contributed by atoms with E-state index in [-0.39, 0.29) is 6.04 Å². The molecule has 1 atom stereocenters. The van der Waals surface area contributed by atoms with Gasteiger partial charge in [-0.1, -0.05) is 35.9 Å². The number of carbonyl (C=O) groups excluding carboxylic acids is 1. The van der Waals surface area contributed by atoms with Gasteiger partial charge in [0.25, 0.3) is 0 Å². The molecule has 0 aliphatic rings. The van der Waals surface area contributed by atoms with Crippen molar-refractivity contribution in [3.05, 3.63) is 60.2 Å². The second-order valence-electron chi connectivity index (χ2n) is 4.87. The lowest BCUT2D eigenvalue weighted by Crippen LogP contribution is -2.38. The molecule has 2 rings (SSSR count). The molecular formula is C17H19NO3. The van der Waals surface area contributed by atoms with Crippen molar-refractivity contribution < 1.29 is 14.3 Å². The van der Waals surface area contributed by atoms with Crippen molar-refractivity contribution in [2.75, 3.05) is 6.61 Å². The molecule has 0 saturated heterocycles. The van der Waals surface area contributed by atoms with Crippen molar-refractivity contribution >= 4 is 6.09 Å². The maximum Gasteiger partial charge on any atom is 0.412 e. The highest BCUT2D eigenvalue weighted by Crippen LogP contribution is 2.12. The lowest BCUT2D eigenvalue weighted by atomic mass is 10.2. The van der Waals surface area contributed by atoms with Gasteiger partial charge >= 0.3 is 6.09 Å². The maximum atomic E-state index is 11.7.